The molecule has 1 unspecified atom stereocenters. The van der Waals surface area contributed by atoms with Gasteiger partial charge in [0.05, 0.1) is 6.04 Å². The van der Waals surface area contributed by atoms with Crippen LogP contribution in [0.5, 0.6) is 0 Å². The van der Waals surface area contributed by atoms with E-state index in [0.29, 0.717) is 18.8 Å². The van der Waals surface area contributed by atoms with Gasteiger partial charge in [-0.05, 0) is 37.4 Å². The summed E-state index contributed by atoms with van der Waals surface area (Å²) in [4.78, 5) is 27.8. The lowest BCUT2D eigenvalue weighted by Gasteiger charge is -2.19. The summed E-state index contributed by atoms with van der Waals surface area (Å²) in [5, 5.41) is 5.64. The van der Waals surface area contributed by atoms with Crippen LogP contribution in [0.3, 0.4) is 0 Å². The minimum Gasteiger partial charge on any atom is -0.337 e. The summed E-state index contributed by atoms with van der Waals surface area (Å²) in [6.45, 7) is 7.82. The summed E-state index contributed by atoms with van der Waals surface area (Å²) in [5.41, 5.74) is 0.646. The quantitative estimate of drug-likeness (QED) is 0.794. The van der Waals surface area contributed by atoms with Crippen LogP contribution in [-0.2, 0) is 4.79 Å². The van der Waals surface area contributed by atoms with Crippen LogP contribution in [0.2, 0.25) is 0 Å². The van der Waals surface area contributed by atoms with Gasteiger partial charge in [0.2, 0.25) is 5.91 Å². The first kappa shape index (κ1) is 18.2. The second kappa shape index (κ2) is 8.63. The van der Waals surface area contributed by atoms with Crippen molar-refractivity contribution in [2.45, 2.75) is 26.3 Å². The molecular formula is C17H25FN4O2. The van der Waals surface area contributed by atoms with Crippen molar-refractivity contribution < 1.29 is 14.0 Å². The summed E-state index contributed by atoms with van der Waals surface area (Å²) in [6, 6.07) is 5.28. The minimum atomic E-state index is -0.340. The molecule has 0 saturated carbocycles. The normalized spacial score (nSPS) is 17.4. The van der Waals surface area contributed by atoms with Gasteiger partial charge < -0.3 is 20.4 Å². The molecule has 1 saturated heterocycles. The zero-order valence-corrected chi connectivity index (χ0v) is 14.2. The van der Waals surface area contributed by atoms with Crippen LogP contribution >= 0.6 is 0 Å². The molecule has 0 spiro atoms. The van der Waals surface area contributed by atoms with E-state index in [0.717, 1.165) is 19.6 Å². The Balaban J connectivity index is 1.79. The molecular weight excluding hydrogens is 311 g/mol. The molecule has 24 heavy (non-hydrogen) atoms. The number of urea groups is 1. The van der Waals surface area contributed by atoms with Crippen molar-refractivity contribution in [3.05, 3.63) is 30.1 Å². The molecule has 1 aromatic carbocycles. The second-order valence-corrected chi connectivity index (χ2v) is 5.81. The summed E-state index contributed by atoms with van der Waals surface area (Å²) in [5.74, 6) is -0.414. The van der Waals surface area contributed by atoms with Crippen LogP contribution < -0.4 is 15.5 Å². The van der Waals surface area contributed by atoms with E-state index in [4.69, 9.17) is 0 Å². The molecule has 3 amide bonds. The number of halogens is 1. The van der Waals surface area contributed by atoms with Crippen molar-refractivity contribution >= 4 is 17.6 Å². The standard InChI is InChI=1S/C17H25FN4O2/c1-3-21(4-2)10-9-19-17(24)20-14-11-16(23)22(12-14)15-7-5-13(18)6-8-15/h5-8,14H,3-4,9-12H2,1-2H3,(H2,19,20,24). The van der Waals surface area contributed by atoms with Crippen LogP contribution in [0, 0.1) is 5.82 Å². The van der Waals surface area contributed by atoms with Crippen molar-refractivity contribution in [1.29, 1.82) is 0 Å². The van der Waals surface area contributed by atoms with Crippen molar-refractivity contribution in [2.24, 2.45) is 0 Å². The van der Waals surface area contributed by atoms with Gasteiger partial charge >= 0.3 is 6.03 Å². The van der Waals surface area contributed by atoms with E-state index in [1.54, 1.807) is 17.0 Å². The van der Waals surface area contributed by atoms with Crippen molar-refractivity contribution in [3.8, 4) is 0 Å². The van der Waals surface area contributed by atoms with E-state index in [2.05, 4.69) is 29.4 Å². The van der Waals surface area contributed by atoms with Gasteiger partial charge in [-0.15, -0.1) is 0 Å². The molecule has 1 heterocycles. The summed E-state index contributed by atoms with van der Waals surface area (Å²) in [7, 11) is 0. The number of hydrogen-bond acceptors (Lipinski definition) is 3. The SMILES string of the molecule is CCN(CC)CCNC(=O)NC1CC(=O)N(c2ccc(F)cc2)C1. The summed E-state index contributed by atoms with van der Waals surface area (Å²) < 4.78 is 13.0. The highest BCUT2D eigenvalue weighted by molar-refractivity contribution is 5.96. The molecule has 0 aliphatic carbocycles. The number of amides is 3. The maximum atomic E-state index is 13.0. The van der Waals surface area contributed by atoms with Gasteiger partial charge in [-0.25, -0.2) is 9.18 Å². The van der Waals surface area contributed by atoms with E-state index in [9.17, 15) is 14.0 Å². The number of rotatable bonds is 7. The first-order chi connectivity index (χ1) is 11.5. The Hall–Kier alpha value is -2.15. The fourth-order valence-electron chi connectivity index (χ4n) is 2.78. The van der Waals surface area contributed by atoms with Crippen LogP contribution in [0.1, 0.15) is 20.3 Å². The first-order valence-electron chi connectivity index (χ1n) is 8.36. The Kier molecular flexibility index (Phi) is 6.54. The Labute approximate surface area is 142 Å². The molecule has 1 aliphatic heterocycles. The lowest BCUT2D eigenvalue weighted by atomic mass is 10.2. The number of anilines is 1. The summed E-state index contributed by atoms with van der Waals surface area (Å²) in [6.07, 6.45) is 0.251. The van der Waals surface area contributed by atoms with E-state index >= 15 is 0 Å². The van der Waals surface area contributed by atoms with Crippen LogP contribution in [0.4, 0.5) is 14.9 Å². The number of nitrogens with zero attached hydrogens (tertiary/aromatic N) is 2. The van der Waals surface area contributed by atoms with Gasteiger partial charge in [-0.2, -0.15) is 0 Å². The molecule has 1 fully saturated rings. The van der Waals surface area contributed by atoms with Gasteiger partial charge in [-0.3, -0.25) is 4.79 Å². The minimum absolute atomic E-state index is 0.0740. The van der Waals surface area contributed by atoms with Crippen molar-refractivity contribution in [3.63, 3.8) is 0 Å². The smallest absolute Gasteiger partial charge is 0.315 e. The average Bonchev–Trinajstić information content (AvgIpc) is 2.92. The zero-order chi connectivity index (χ0) is 17.5. The lowest BCUT2D eigenvalue weighted by molar-refractivity contribution is -0.117. The fourth-order valence-corrected chi connectivity index (χ4v) is 2.78. The predicted molar refractivity (Wildman–Crippen MR) is 91.5 cm³/mol. The molecule has 0 aromatic heterocycles. The van der Waals surface area contributed by atoms with Gasteiger partial charge in [0.25, 0.3) is 0 Å². The summed E-state index contributed by atoms with van der Waals surface area (Å²) >= 11 is 0. The molecule has 1 atom stereocenters. The molecule has 0 radical (unpaired) electrons. The maximum Gasteiger partial charge on any atom is 0.315 e. The highest BCUT2D eigenvalue weighted by Crippen LogP contribution is 2.21. The largest absolute Gasteiger partial charge is 0.337 e. The number of nitrogens with one attached hydrogen (secondary N) is 2. The van der Waals surface area contributed by atoms with Crippen molar-refractivity contribution in [1.82, 2.24) is 15.5 Å². The Morgan fingerprint density at radius 3 is 2.58 bits per heavy atom. The Morgan fingerprint density at radius 1 is 1.29 bits per heavy atom. The van der Waals surface area contributed by atoms with Crippen molar-refractivity contribution in [2.75, 3.05) is 37.6 Å². The highest BCUT2D eigenvalue weighted by atomic mass is 19.1. The second-order valence-electron chi connectivity index (χ2n) is 5.81. The molecule has 132 valence electrons. The highest BCUT2D eigenvalue weighted by Gasteiger charge is 2.31. The van der Waals surface area contributed by atoms with Gasteiger partial charge in [-0.1, -0.05) is 13.8 Å². The molecule has 2 N–H and O–H groups in total. The lowest BCUT2D eigenvalue weighted by Crippen LogP contribution is -2.45. The van der Waals surface area contributed by atoms with E-state index in [-0.39, 0.29) is 30.2 Å². The number of likely N-dealkylation sites (N-methyl/N-ethyl adjacent to an activating group) is 1. The Morgan fingerprint density at radius 2 is 1.96 bits per heavy atom. The monoisotopic (exact) mass is 336 g/mol. The van der Waals surface area contributed by atoms with Gasteiger partial charge in [0.1, 0.15) is 5.82 Å². The Bertz CT molecular complexity index is 560. The molecule has 1 aromatic rings. The molecule has 2 rings (SSSR count). The first-order valence-corrected chi connectivity index (χ1v) is 8.36. The third-order valence-electron chi connectivity index (χ3n) is 4.21. The third-order valence-corrected chi connectivity index (χ3v) is 4.21. The molecule has 7 heteroatoms. The van der Waals surface area contributed by atoms with E-state index in [1.807, 2.05) is 0 Å². The molecule has 0 bridgehead atoms. The van der Waals surface area contributed by atoms with Crippen LogP contribution in [0.15, 0.2) is 24.3 Å². The average molecular weight is 336 g/mol. The number of hydrogen-bond donors (Lipinski definition) is 2. The zero-order valence-electron chi connectivity index (χ0n) is 14.2. The van der Waals surface area contributed by atoms with E-state index in [1.165, 1.54) is 12.1 Å². The number of carbonyl (C=O) groups excluding carboxylic acids is 2. The third kappa shape index (κ3) is 4.92. The fraction of sp³-hybridized carbons (Fsp3) is 0.529. The van der Waals surface area contributed by atoms with Gasteiger partial charge in [0, 0.05) is 31.7 Å². The topological polar surface area (TPSA) is 64.7 Å². The molecule has 6 nitrogen and oxygen atoms in total. The maximum absolute atomic E-state index is 13.0. The molecule has 1 aliphatic rings. The number of benzene rings is 1. The van der Waals surface area contributed by atoms with Gasteiger partial charge in [0.15, 0.2) is 0 Å². The number of carbonyl (C=O) groups is 2. The predicted octanol–water partition coefficient (Wildman–Crippen LogP) is 1.57. The van der Waals surface area contributed by atoms with Crippen LogP contribution in [0.25, 0.3) is 0 Å². The van der Waals surface area contributed by atoms with E-state index < -0.39 is 0 Å². The van der Waals surface area contributed by atoms with Crippen LogP contribution in [-0.4, -0.2) is 55.6 Å².